The number of nitro benzene ring substituents is 1. The van der Waals surface area contributed by atoms with Crippen LogP contribution in [-0.2, 0) is 17.8 Å². The van der Waals surface area contributed by atoms with Crippen LogP contribution in [0.3, 0.4) is 0 Å². The Morgan fingerprint density at radius 2 is 1.90 bits per heavy atom. The van der Waals surface area contributed by atoms with Gasteiger partial charge in [-0.2, -0.15) is 0 Å². The average Bonchev–Trinajstić information content (AvgIpc) is 3.19. The molecule has 0 bridgehead atoms. The van der Waals surface area contributed by atoms with Gasteiger partial charge in [-0.05, 0) is 62.6 Å². The van der Waals surface area contributed by atoms with Crippen molar-refractivity contribution in [3.05, 3.63) is 70.5 Å². The van der Waals surface area contributed by atoms with Crippen LogP contribution in [-0.4, -0.2) is 25.6 Å². The first-order valence-electron chi connectivity index (χ1n) is 9.88. The number of aryl methyl sites for hydroxylation is 1. The SMILES string of the molecule is CC(Sc1ccc([N+](=O)[O-])cc1)C(=O)Nc1ccc(-c2ncc3n2CCCC3)cc1. The van der Waals surface area contributed by atoms with Gasteiger partial charge in [0.05, 0.1) is 10.2 Å². The number of non-ortho nitro benzene ring substituents is 1. The molecule has 0 fully saturated rings. The van der Waals surface area contributed by atoms with Gasteiger partial charge >= 0.3 is 0 Å². The van der Waals surface area contributed by atoms with Gasteiger partial charge in [0, 0.05) is 46.7 Å². The number of thioether (sulfide) groups is 1. The Bertz CT molecular complexity index is 1060. The Hall–Kier alpha value is -3.13. The van der Waals surface area contributed by atoms with Crippen molar-refractivity contribution in [2.45, 2.75) is 42.9 Å². The van der Waals surface area contributed by atoms with Gasteiger partial charge in [-0.3, -0.25) is 14.9 Å². The standard InChI is InChI=1S/C22H22N4O3S/c1-15(30-20-11-9-18(10-12-20)26(28)29)22(27)24-17-7-5-16(6-8-17)21-23-14-19-4-2-3-13-25(19)21/h5-12,14-15H,2-4,13H2,1H3,(H,24,27). The van der Waals surface area contributed by atoms with Crippen molar-refractivity contribution in [2.24, 2.45) is 0 Å². The lowest BCUT2D eigenvalue weighted by Crippen LogP contribution is -2.22. The third kappa shape index (κ3) is 4.38. The molecular formula is C22H22N4O3S. The summed E-state index contributed by atoms with van der Waals surface area (Å²) >= 11 is 1.36. The van der Waals surface area contributed by atoms with E-state index in [-0.39, 0.29) is 16.8 Å². The second-order valence-electron chi connectivity index (χ2n) is 7.26. The molecule has 8 heteroatoms. The minimum absolute atomic E-state index is 0.0373. The molecule has 0 spiro atoms. The molecule has 1 unspecified atom stereocenters. The van der Waals surface area contributed by atoms with E-state index < -0.39 is 4.92 Å². The summed E-state index contributed by atoms with van der Waals surface area (Å²) in [6.07, 6.45) is 5.42. The second kappa shape index (κ2) is 8.71. The van der Waals surface area contributed by atoms with Crippen LogP contribution in [0.15, 0.2) is 59.6 Å². The van der Waals surface area contributed by atoms with E-state index in [1.165, 1.54) is 42.4 Å². The Kier molecular flexibility index (Phi) is 5.85. The highest BCUT2D eigenvalue weighted by Crippen LogP contribution is 2.28. The van der Waals surface area contributed by atoms with Crippen LogP contribution >= 0.6 is 11.8 Å². The van der Waals surface area contributed by atoms with Gasteiger partial charge in [0.25, 0.3) is 5.69 Å². The fourth-order valence-electron chi connectivity index (χ4n) is 3.52. The topological polar surface area (TPSA) is 90.1 Å². The monoisotopic (exact) mass is 422 g/mol. The van der Waals surface area contributed by atoms with E-state index in [9.17, 15) is 14.9 Å². The molecule has 4 rings (SSSR count). The van der Waals surface area contributed by atoms with Crippen LogP contribution in [0.4, 0.5) is 11.4 Å². The highest BCUT2D eigenvalue weighted by atomic mass is 32.2. The summed E-state index contributed by atoms with van der Waals surface area (Å²) in [5, 5.41) is 13.3. The van der Waals surface area contributed by atoms with E-state index in [0.717, 1.165) is 34.9 Å². The molecule has 0 aliphatic carbocycles. The van der Waals surface area contributed by atoms with E-state index in [0.29, 0.717) is 0 Å². The molecule has 7 nitrogen and oxygen atoms in total. The molecule has 0 saturated carbocycles. The summed E-state index contributed by atoms with van der Waals surface area (Å²) < 4.78 is 2.28. The minimum Gasteiger partial charge on any atom is -0.328 e. The van der Waals surface area contributed by atoms with Crippen molar-refractivity contribution in [1.29, 1.82) is 0 Å². The molecule has 2 aromatic carbocycles. The number of imidazole rings is 1. The number of rotatable bonds is 6. The summed E-state index contributed by atoms with van der Waals surface area (Å²) in [5.41, 5.74) is 3.08. The van der Waals surface area contributed by atoms with Crippen molar-refractivity contribution in [3.63, 3.8) is 0 Å². The van der Waals surface area contributed by atoms with Crippen molar-refractivity contribution >= 4 is 29.0 Å². The lowest BCUT2D eigenvalue weighted by molar-refractivity contribution is -0.384. The van der Waals surface area contributed by atoms with Crippen molar-refractivity contribution in [3.8, 4) is 11.4 Å². The Balaban J connectivity index is 1.38. The fraction of sp³-hybridized carbons (Fsp3) is 0.273. The van der Waals surface area contributed by atoms with E-state index in [1.54, 1.807) is 12.1 Å². The van der Waals surface area contributed by atoms with Gasteiger partial charge in [0.1, 0.15) is 5.82 Å². The van der Waals surface area contributed by atoms with E-state index >= 15 is 0 Å². The molecule has 1 N–H and O–H groups in total. The quantitative estimate of drug-likeness (QED) is 0.346. The predicted molar refractivity (Wildman–Crippen MR) is 118 cm³/mol. The van der Waals surface area contributed by atoms with Crippen LogP contribution in [0, 0.1) is 10.1 Å². The molecule has 1 aliphatic rings. The third-order valence-electron chi connectivity index (χ3n) is 5.14. The predicted octanol–water partition coefficient (Wildman–Crippen LogP) is 4.91. The first-order valence-corrected chi connectivity index (χ1v) is 10.8. The Labute approximate surface area is 178 Å². The number of nitro groups is 1. The summed E-state index contributed by atoms with van der Waals surface area (Å²) in [4.78, 5) is 28.2. The van der Waals surface area contributed by atoms with Crippen molar-refractivity contribution in [1.82, 2.24) is 9.55 Å². The molecule has 1 atom stereocenters. The summed E-state index contributed by atoms with van der Waals surface area (Å²) in [6.45, 7) is 2.81. The van der Waals surface area contributed by atoms with Crippen LogP contribution in [0.1, 0.15) is 25.5 Å². The maximum absolute atomic E-state index is 12.5. The van der Waals surface area contributed by atoms with Gasteiger partial charge in [-0.15, -0.1) is 11.8 Å². The van der Waals surface area contributed by atoms with Crippen LogP contribution in [0.5, 0.6) is 0 Å². The molecule has 1 aliphatic heterocycles. The number of aromatic nitrogens is 2. The lowest BCUT2D eigenvalue weighted by atomic mass is 10.1. The zero-order valence-electron chi connectivity index (χ0n) is 16.6. The zero-order chi connectivity index (χ0) is 21.1. The molecule has 0 saturated heterocycles. The number of hydrogen-bond acceptors (Lipinski definition) is 5. The van der Waals surface area contributed by atoms with Crippen LogP contribution in [0.2, 0.25) is 0 Å². The Morgan fingerprint density at radius 1 is 1.17 bits per heavy atom. The van der Waals surface area contributed by atoms with E-state index in [1.807, 2.05) is 37.4 Å². The fourth-order valence-corrected chi connectivity index (χ4v) is 4.38. The third-order valence-corrected chi connectivity index (χ3v) is 6.26. The van der Waals surface area contributed by atoms with E-state index in [4.69, 9.17) is 0 Å². The molecule has 1 aromatic heterocycles. The van der Waals surface area contributed by atoms with Gasteiger partial charge < -0.3 is 9.88 Å². The average molecular weight is 423 g/mol. The molecule has 154 valence electrons. The number of amides is 1. The van der Waals surface area contributed by atoms with Gasteiger partial charge in [-0.25, -0.2) is 4.98 Å². The number of carbonyl (C=O) groups excluding carboxylic acids is 1. The largest absolute Gasteiger partial charge is 0.328 e. The second-order valence-corrected chi connectivity index (χ2v) is 8.67. The van der Waals surface area contributed by atoms with E-state index in [2.05, 4.69) is 14.9 Å². The molecule has 3 aromatic rings. The summed E-state index contributed by atoms with van der Waals surface area (Å²) in [6, 6.07) is 13.9. The number of nitrogens with one attached hydrogen (secondary N) is 1. The van der Waals surface area contributed by atoms with Crippen molar-refractivity contribution in [2.75, 3.05) is 5.32 Å². The summed E-state index contributed by atoms with van der Waals surface area (Å²) in [5.74, 6) is 0.856. The smallest absolute Gasteiger partial charge is 0.269 e. The Morgan fingerprint density at radius 3 is 2.60 bits per heavy atom. The molecule has 2 heterocycles. The molecule has 30 heavy (non-hydrogen) atoms. The number of nitrogens with zero attached hydrogens (tertiary/aromatic N) is 3. The normalized spacial score (nSPS) is 14.0. The number of hydrogen-bond donors (Lipinski definition) is 1. The zero-order valence-corrected chi connectivity index (χ0v) is 17.4. The first kappa shape index (κ1) is 20.2. The lowest BCUT2D eigenvalue weighted by Gasteiger charge is -2.17. The van der Waals surface area contributed by atoms with Gasteiger partial charge in [0.2, 0.25) is 5.91 Å². The number of benzene rings is 2. The van der Waals surface area contributed by atoms with Gasteiger partial charge in [-0.1, -0.05) is 0 Å². The number of carbonyl (C=O) groups is 1. The van der Waals surface area contributed by atoms with Crippen LogP contribution < -0.4 is 5.32 Å². The molecular weight excluding hydrogens is 400 g/mol. The minimum atomic E-state index is -0.437. The maximum atomic E-state index is 12.5. The van der Waals surface area contributed by atoms with Gasteiger partial charge in [0.15, 0.2) is 0 Å². The maximum Gasteiger partial charge on any atom is 0.269 e. The number of anilines is 1. The summed E-state index contributed by atoms with van der Waals surface area (Å²) in [7, 11) is 0. The highest BCUT2D eigenvalue weighted by Gasteiger charge is 2.17. The highest BCUT2D eigenvalue weighted by molar-refractivity contribution is 8.00. The van der Waals surface area contributed by atoms with Crippen molar-refractivity contribution < 1.29 is 9.72 Å². The molecule has 1 amide bonds. The molecule has 0 radical (unpaired) electrons. The van der Waals surface area contributed by atoms with Crippen LogP contribution in [0.25, 0.3) is 11.4 Å². The first-order chi connectivity index (χ1) is 14.5. The number of fused-ring (bicyclic) bond motifs is 1.